The summed E-state index contributed by atoms with van der Waals surface area (Å²) in [7, 11) is 0. The van der Waals surface area contributed by atoms with Crippen molar-refractivity contribution in [1.29, 1.82) is 0 Å². The predicted octanol–water partition coefficient (Wildman–Crippen LogP) is 4.04. The van der Waals surface area contributed by atoms with E-state index in [0.29, 0.717) is 0 Å². The molecule has 0 unspecified atom stereocenters. The van der Waals surface area contributed by atoms with E-state index in [-0.39, 0.29) is 0 Å². The summed E-state index contributed by atoms with van der Waals surface area (Å²) >= 11 is 0. The number of aromatic nitrogens is 2. The number of aryl methyl sites for hydroxylation is 1. The van der Waals surface area contributed by atoms with Crippen molar-refractivity contribution in [2.24, 2.45) is 0 Å². The SMILES string of the molecule is CCNc1nc(-c2ccccc2C)nc2ccccc12. The molecule has 0 saturated carbocycles. The van der Waals surface area contributed by atoms with Crippen molar-refractivity contribution in [3.63, 3.8) is 0 Å². The van der Waals surface area contributed by atoms with Gasteiger partial charge in [0.1, 0.15) is 5.82 Å². The topological polar surface area (TPSA) is 37.8 Å². The summed E-state index contributed by atoms with van der Waals surface area (Å²) in [6.45, 7) is 5.00. The van der Waals surface area contributed by atoms with Gasteiger partial charge in [-0.05, 0) is 31.5 Å². The summed E-state index contributed by atoms with van der Waals surface area (Å²) in [6.07, 6.45) is 0. The molecule has 100 valence electrons. The van der Waals surface area contributed by atoms with Gasteiger partial charge in [-0.3, -0.25) is 0 Å². The third-order valence-corrected chi connectivity index (χ3v) is 3.33. The number of hydrogen-bond donors (Lipinski definition) is 1. The zero-order valence-corrected chi connectivity index (χ0v) is 11.7. The smallest absolute Gasteiger partial charge is 0.162 e. The summed E-state index contributed by atoms with van der Waals surface area (Å²) in [5, 5.41) is 4.39. The molecule has 0 fully saturated rings. The number of anilines is 1. The van der Waals surface area contributed by atoms with Gasteiger partial charge in [0.25, 0.3) is 0 Å². The molecule has 1 heterocycles. The van der Waals surface area contributed by atoms with E-state index >= 15 is 0 Å². The number of para-hydroxylation sites is 1. The second-order valence-electron chi connectivity index (χ2n) is 4.76. The second kappa shape index (κ2) is 5.29. The highest BCUT2D eigenvalue weighted by atomic mass is 15.0. The van der Waals surface area contributed by atoms with Crippen LogP contribution in [0, 0.1) is 6.92 Å². The molecule has 0 saturated heterocycles. The first-order valence-corrected chi connectivity index (χ1v) is 6.86. The van der Waals surface area contributed by atoms with Crippen LogP contribution >= 0.6 is 0 Å². The van der Waals surface area contributed by atoms with Crippen molar-refractivity contribution in [1.82, 2.24) is 9.97 Å². The fourth-order valence-electron chi connectivity index (χ4n) is 2.32. The maximum absolute atomic E-state index is 4.70. The van der Waals surface area contributed by atoms with E-state index in [0.717, 1.165) is 34.7 Å². The Morgan fingerprint density at radius 1 is 0.950 bits per heavy atom. The van der Waals surface area contributed by atoms with E-state index < -0.39 is 0 Å². The van der Waals surface area contributed by atoms with Gasteiger partial charge in [-0.25, -0.2) is 9.97 Å². The Hall–Kier alpha value is -2.42. The Labute approximate surface area is 118 Å². The molecule has 0 spiro atoms. The van der Waals surface area contributed by atoms with E-state index in [9.17, 15) is 0 Å². The number of hydrogen-bond acceptors (Lipinski definition) is 3. The molecular formula is C17H17N3. The Kier molecular flexibility index (Phi) is 3.33. The largest absolute Gasteiger partial charge is 0.370 e. The van der Waals surface area contributed by atoms with Gasteiger partial charge in [-0.15, -0.1) is 0 Å². The van der Waals surface area contributed by atoms with E-state index in [1.807, 2.05) is 30.3 Å². The number of benzene rings is 2. The molecule has 0 aliphatic carbocycles. The number of nitrogens with zero attached hydrogens (tertiary/aromatic N) is 2. The minimum atomic E-state index is 0.776. The molecule has 3 aromatic rings. The van der Waals surface area contributed by atoms with E-state index in [1.54, 1.807) is 0 Å². The molecule has 0 atom stereocenters. The average Bonchev–Trinajstić information content (AvgIpc) is 2.48. The summed E-state index contributed by atoms with van der Waals surface area (Å²) in [5.41, 5.74) is 3.24. The number of fused-ring (bicyclic) bond motifs is 1. The molecule has 0 aliphatic rings. The van der Waals surface area contributed by atoms with Crippen LogP contribution in [0.4, 0.5) is 5.82 Å². The molecule has 1 N–H and O–H groups in total. The predicted molar refractivity (Wildman–Crippen MR) is 83.9 cm³/mol. The third-order valence-electron chi connectivity index (χ3n) is 3.33. The average molecular weight is 263 g/mol. The lowest BCUT2D eigenvalue weighted by Crippen LogP contribution is -2.03. The third kappa shape index (κ3) is 2.23. The van der Waals surface area contributed by atoms with Gasteiger partial charge in [0.15, 0.2) is 5.82 Å². The van der Waals surface area contributed by atoms with Crippen molar-refractivity contribution in [2.45, 2.75) is 13.8 Å². The van der Waals surface area contributed by atoms with Crippen LogP contribution in [-0.4, -0.2) is 16.5 Å². The van der Waals surface area contributed by atoms with Crippen LogP contribution in [0.5, 0.6) is 0 Å². The quantitative estimate of drug-likeness (QED) is 0.775. The minimum Gasteiger partial charge on any atom is -0.370 e. The molecule has 3 nitrogen and oxygen atoms in total. The highest BCUT2D eigenvalue weighted by Gasteiger charge is 2.09. The van der Waals surface area contributed by atoms with E-state index in [1.165, 1.54) is 5.56 Å². The van der Waals surface area contributed by atoms with Gasteiger partial charge in [-0.1, -0.05) is 36.4 Å². The molecule has 3 rings (SSSR count). The fourth-order valence-corrected chi connectivity index (χ4v) is 2.32. The zero-order chi connectivity index (χ0) is 13.9. The summed E-state index contributed by atoms with van der Waals surface area (Å²) in [6, 6.07) is 16.3. The lowest BCUT2D eigenvalue weighted by Gasteiger charge is -2.10. The van der Waals surface area contributed by atoms with Crippen molar-refractivity contribution < 1.29 is 0 Å². The van der Waals surface area contributed by atoms with Crippen LogP contribution in [0.1, 0.15) is 12.5 Å². The molecule has 3 heteroatoms. The fraction of sp³-hybridized carbons (Fsp3) is 0.176. The first-order chi connectivity index (χ1) is 9.79. The lowest BCUT2D eigenvalue weighted by atomic mass is 10.1. The van der Waals surface area contributed by atoms with Crippen molar-refractivity contribution >= 4 is 16.7 Å². The van der Waals surface area contributed by atoms with Crippen LogP contribution < -0.4 is 5.32 Å². The summed E-state index contributed by atoms with van der Waals surface area (Å²) in [5.74, 6) is 1.68. The Morgan fingerprint density at radius 3 is 2.50 bits per heavy atom. The molecular weight excluding hydrogens is 246 g/mol. The van der Waals surface area contributed by atoms with Gasteiger partial charge in [-0.2, -0.15) is 0 Å². The van der Waals surface area contributed by atoms with Crippen LogP contribution in [0.25, 0.3) is 22.3 Å². The number of rotatable bonds is 3. The molecule has 1 aromatic heterocycles. The maximum atomic E-state index is 4.70. The summed E-state index contributed by atoms with van der Waals surface area (Å²) < 4.78 is 0. The minimum absolute atomic E-state index is 0.776. The summed E-state index contributed by atoms with van der Waals surface area (Å²) in [4.78, 5) is 9.40. The highest BCUT2D eigenvalue weighted by Crippen LogP contribution is 2.26. The molecule has 0 amide bonds. The Morgan fingerprint density at radius 2 is 1.70 bits per heavy atom. The molecule has 0 radical (unpaired) electrons. The van der Waals surface area contributed by atoms with E-state index in [2.05, 4.69) is 37.4 Å². The molecule has 2 aromatic carbocycles. The highest BCUT2D eigenvalue weighted by molar-refractivity contribution is 5.90. The van der Waals surface area contributed by atoms with Gasteiger partial charge >= 0.3 is 0 Å². The monoisotopic (exact) mass is 263 g/mol. The Balaban J connectivity index is 2.25. The van der Waals surface area contributed by atoms with Crippen LogP contribution in [0.15, 0.2) is 48.5 Å². The van der Waals surface area contributed by atoms with Crippen molar-refractivity contribution in [3.05, 3.63) is 54.1 Å². The van der Waals surface area contributed by atoms with Crippen molar-refractivity contribution in [2.75, 3.05) is 11.9 Å². The van der Waals surface area contributed by atoms with Gasteiger partial charge < -0.3 is 5.32 Å². The maximum Gasteiger partial charge on any atom is 0.162 e. The first kappa shape index (κ1) is 12.6. The van der Waals surface area contributed by atoms with E-state index in [4.69, 9.17) is 9.97 Å². The second-order valence-corrected chi connectivity index (χ2v) is 4.76. The molecule has 0 aliphatic heterocycles. The van der Waals surface area contributed by atoms with Crippen LogP contribution in [0.3, 0.4) is 0 Å². The van der Waals surface area contributed by atoms with Crippen LogP contribution in [-0.2, 0) is 0 Å². The number of nitrogens with one attached hydrogen (secondary N) is 1. The van der Waals surface area contributed by atoms with Gasteiger partial charge in [0, 0.05) is 17.5 Å². The van der Waals surface area contributed by atoms with Gasteiger partial charge in [0.2, 0.25) is 0 Å². The van der Waals surface area contributed by atoms with Gasteiger partial charge in [0.05, 0.1) is 5.52 Å². The molecule has 20 heavy (non-hydrogen) atoms. The normalized spacial score (nSPS) is 10.7. The molecule has 0 bridgehead atoms. The first-order valence-electron chi connectivity index (χ1n) is 6.86. The zero-order valence-electron chi connectivity index (χ0n) is 11.7. The standard InChI is InChI=1S/C17H17N3/c1-3-18-16-14-10-6-7-11-15(14)19-17(20-16)13-9-5-4-8-12(13)2/h4-11H,3H2,1-2H3,(H,18,19,20). The van der Waals surface area contributed by atoms with Crippen LogP contribution in [0.2, 0.25) is 0 Å². The lowest BCUT2D eigenvalue weighted by molar-refractivity contribution is 1.14. The Bertz CT molecular complexity index is 750. The van der Waals surface area contributed by atoms with Crippen molar-refractivity contribution in [3.8, 4) is 11.4 Å².